The molecule has 0 saturated heterocycles. The molecule has 0 fully saturated rings. The van der Waals surface area contributed by atoms with E-state index in [1.54, 1.807) is 0 Å². The maximum Gasteiger partial charge on any atom is 0.154 e. The second-order valence-corrected chi connectivity index (χ2v) is 2.14. The summed E-state index contributed by atoms with van der Waals surface area (Å²) in [4.78, 5) is 0. The van der Waals surface area contributed by atoms with Crippen molar-refractivity contribution in [3.63, 3.8) is 0 Å². The number of hydrogen-bond donors (Lipinski definition) is 0. The van der Waals surface area contributed by atoms with Crippen molar-refractivity contribution in [3.05, 3.63) is 36.4 Å². The molecule has 0 heterocycles. The minimum absolute atomic E-state index is 1.09. The SMILES string of the molecule is C=C/C=C(BC)\C=C/CC. The van der Waals surface area contributed by atoms with Crippen LogP contribution in [0, 0.1) is 0 Å². The van der Waals surface area contributed by atoms with Crippen molar-refractivity contribution in [2.24, 2.45) is 0 Å². The van der Waals surface area contributed by atoms with Crippen molar-refractivity contribution >= 4 is 7.28 Å². The van der Waals surface area contributed by atoms with Crippen LogP contribution in [0.25, 0.3) is 0 Å². The first-order valence-corrected chi connectivity index (χ1v) is 3.83. The fourth-order valence-corrected chi connectivity index (χ4v) is 0.712. The second kappa shape index (κ2) is 6.41. The van der Waals surface area contributed by atoms with Gasteiger partial charge in [0.2, 0.25) is 0 Å². The highest BCUT2D eigenvalue weighted by atomic mass is 13.8. The standard InChI is InChI=1S/C9H15B/c1-4-6-8-9(10-3)7-5-2/h5-8,10H,2,4H2,1,3H3/b8-6-,9-7+. The Morgan fingerprint density at radius 1 is 1.60 bits per heavy atom. The van der Waals surface area contributed by atoms with E-state index >= 15 is 0 Å². The fourth-order valence-electron chi connectivity index (χ4n) is 0.712. The van der Waals surface area contributed by atoms with E-state index in [0.717, 1.165) is 13.7 Å². The Morgan fingerprint density at radius 2 is 2.30 bits per heavy atom. The highest BCUT2D eigenvalue weighted by molar-refractivity contribution is 6.44. The Kier molecular flexibility index (Phi) is 5.95. The minimum Gasteiger partial charge on any atom is -0.0991 e. The molecule has 0 saturated carbocycles. The van der Waals surface area contributed by atoms with Gasteiger partial charge < -0.3 is 0 Å². The maximum absolute atomic E-state index is 3.65. The summed E-state index contributed by atoms with van der Waals surface area (Å²) in [5.74, 6) is 0. The molecule has 0 aromatic carbocycles. The van der Waals surface area contributed by atoms with Crippen molar-refractivity contribution in [2.75, 3.05) is 0 Å². The Balaban J connectivity index is 3.94. The molecule has 0 spiro atoms. The molecule has 0 aliphatic heterocycles. The predicted molar refractivity (Wildman–Crippen MR) is 50.7 cm³/mol. The quantitative estimate of drug-likeness (QED) is 0.409. The van der Waals surface area contributed by atoms with Crippen LogP contribution in [0.15, 0.2) is 36.4 Å². The van der Waals surface area contributed by atoms with Gasteiger partial charge in [-0.2, -0.15) is 0 Å². The van der Waals surface area contributed by atoms with Crippen LogP contribution in [0.1, 0.15) is 13.3 Å². The summed E-state index contributed by atoms with van der Waals surface area (Å²) in [6.45, 7) is 7.93. The monoisotopic (exact) mass is 134 g/mol. The lowest BCUT2D eigenvalue weighted by Crippen LogP contribution is -1.84. The van der Waals surface area contributed by atoms with Gasteiger partial charge in [-0.1, -0.05) is 50.1 Å². The maximum atomic E-state index is 3.65. The van der Waals surface area contributed by atoms with Crippen molar-refractivity contribution in [1.29, 1.82) is 0 Å². The van der Waals surface area contributed by atoms with E-state index in [0.29, 0.717) is 0 Å². The minimum atomic E-state index is 1.09. The van der Waals surface area contributed by atoms with E-state index in [9.17, 15) is 0 Å². The third kappa shape index (κ3) is 4.19. The summed E-state index contributed by atoms with van der Waals surface area (Å²) < 4.78 is 0. The molecule has 0 radical (unpaired) electrons. The average molecular weight is 134 g/mol. The molecule has 1 heteroatoms. The van der Waals surface area contributed by atoms with Gasteiger partial charge in [-0.25, -0.2) is 0 Å². The zero-order chi connectivity index (χ0) is 7.82. The van der Waals surface area contributed by atoms with Crippen LogP contribution in [-0.4, -0.2) is 7.28 Å². The molecular formula is C9H15B. The summed E-state index contributed by atoms with van der Waals surface area (Å²) in [6.07, 6.45) is 9.31. The van der Waals surface area contributed by atoms with Crippen molar-refractivity contribution in [1.82, 2.24) is 0 Å². The van der Waals surface area contributed by atoms with Crippen LogP contribution in [0.2, 0.25) is 6.82 Å². The van der Waals surface area contributed by atoms with E-state index in [1.807, 2.05) is 12.2 Å². The normalized spacial score (nSPS) is 12.0. The van der Waals surface area contributed by atoms with Crippen molar-refractivity contribution < 1.29 is 0 Å². The molecule has 0 aromatic rings. The van der Waals surface area contributed by atoms with Gasteiger partial charge in [0.15, 0.2) is 7.28 Å². The zero-order valence-corrected chi connectivity index (χ0v) is 6.93. The molecule has 0 aromatic heterocycles. The van der Waals surface area contributed by atoms with E-state index < -0.39 is 0 Å². The molecule has 0 rings (SSSR count). The Labute approximate surface area is 64.6 Å². The fraction of sp³-hybridized carbons (Fsp3) is 0.333. The number of rotatable bonds is 4. The number of hydrogen-bond acceptors (Lipinski definition) is 0. The molecule has 0 nitrogen and oxygen atoms in total. The van der Waals surface area contributed by atoms with Gasteiger partial charge in [0, 0.05) is 0 Å². The van der Waals surface area contributed by atoms with Crippen LogP contribution in [0.3, 0.4) is 0 Å². The first kappa shape index (κ1) is 9.28. The molecule has 0 unspecified atom stereocenters. The summed E-state index contributed by atoms with van der Waals surface area (Å²) in [7, 11) is 1.09. The number of allylic oxidation sites excluding steroid dienone is 5. The van der Waals surface area contributed by atoms with Crippen LogP contribution >= 0.6 is 0 Å². The highest BCUT2D eigenvalue weighted by Crippen LogP contribution is 1.95. The first-order valence-electron chi connectivity index (χ1n) is 3.83. The van der Waals surface area contributed by atoms with Gasteiger partial charge in [-0.15, -0.1) is 0 Å². The molecule has 0 aliphatic carbocycles. The molecule has 54 valence electrons. The smallest absolute Gasteiger partial charge is 0.0991 e. The summed E-state index contributed by atoms with van der Waals surface area (Å²) in [5, 5.41) is 0. The van der Waals surface area contributed by atoms with Crippen LogP contribution < -0.4 is 0 Å². The highest BCUT2D eigenvalue weighted by Gasteiger charge is 1.84. The second-order valence-electron chi connectivity index (χ2n) is 2.14. The first-order chi connectivity index (χ1) is 4.85. The van der Waals surface area contributed by atoms with E-state index in [1.165, 1.54) is 5.47 Å². The van der Waals surface area contributed by atoms with Crippen LogP contribution in [0.4, 0.5) is 0 Å². The average Bonchev–Trinajstić information content (AvgIpc) is 1.98. The molecule has 0 aliphatic rings. The molecule has 10 heavy (non-hydrogen) atoms. The lowest BCUT2D eigenvalue weighted by molar-refractivity contribution is 1.22. The Bertz CT molecular complexity index is 143. The lowest BCUT2D eigenvalue weighted by atomic mass is 9.72. The van der Waals surface area contributed by atoms with Gasteiger partial charge in [-0.3, -0.25) is 0 Å². The van der Waals surface area contributed by atoms with Gasteiger partial charge in [0.1, 0.15) is 0 Å². The largest absolute Gasteiger partial charge is 0.154 e. The zero-order valence-electron chi connectivity index (χ0n) is 6.93. The Hall–Kier alpha value is -0.715. The summed E-state index contributed by atoms with van der Waals surface area (Å²) in [6, 6.07) is 0. The topological polar surface area (TPSA) is 0 Å². The third-order valence-electron chi connectivity index (χ3n) is 1.31. The van der Waals surface area contributed by atoms with E-state index in [4.69, 9.17) is 0 Å². The predicted octanol–water partition coefficient (Wildman–Crippen LogP) is 2.51. The molecule has 0 amide bonds. The van der Waals surface area contributed by atoms with Gasteiger partial charge in [-0.05, 0) is 6.42 Å². The molecule has 0 N–H and O–H groups in total. The van der Waals surface area contributed by atoms with Gasteiger partial charge in [0.25, 0.3) is 0 Å². The van der Waals surface area contributed by atoms with Crippen LogP contribution in [0.5, 0.6) is 0 Å². The Morgan fingerprint density at radius 3 is 2.70 bits per heavy atom. The van der Waals surface area contributed by atoms with E-state index in [2.05, 4.69) is 32.5 Å². The van der Waals surface area contributed by atoms with Gasteiger partial charge in [0.05, 0.1) is 0 Å². The molecule has 0 bridgehead atoms. The van der Waals surface area contributed by atoms with Crippen molar-refractivity contribution in [2.45, 2.75) is 20.2 Å². The molecular weight excluding hydrogens is 119 g/mol. The molecule has 0 atom stereocenters. The van der Waals surface area contributed by atoms with E-state index in [-0.39, 0.29) is 0 Å². The summed E-state index contributed by atoms with van der Waals surface area (Å²) in [5.41, 5.74) is 1.34. The lowest BCUT2D eigenvalue weighted by Gasteiger charge is -1.90. The van der Waals surface area contributed by atoms with Gasteiger partial charge >= 0.3 is 0 Å². The van der Waals surface area contributed by atoms with Crippen molar-refractivity contribution in [3.8, 4) is 0 Å². The third-order valence-corrected chi connectivity index (χ3v) is 1.31. The van der Waals surface area contributed by atoms with Crippen LogP contribution in [-0.2, 0) is 0 Å². The summed E-state index contributed by atoms with van der Waals surface area (Å²) >= 11 is 0.